The number of rotatable bonds is 4. The van der Waals surface area contributed by atoms with Crippen LogP contribution in [0.2, 0.25) is 0 Å². The van der Waals surface area contributed by atoms with Crippen molar-refractivity contribution in [3.63, 3.8) is 0 Å². The summed E-state index contributed by atoms with van der Waals surface area (Å²) in [7, 11) is 0. The van der Waals surface area contributed by atoms with Crippen LogP contribution >= 0.6 is 11.3 Å². The number of benzene rings is 2. The van der Waals surface area contributed by atoms with Gasteiger partial charge in [0.1, 0.15) is 6.54 Å². The average Bonchev–Trinajstić information content (AvgIpc) is 2.97. The Labute approximate surface area is 150 Å². The van der Waals surface area contributed by atoms with Crippen LogP contribution in [0.3, 0.4) is 0 Å². The summed E-state index contributed by atoms with van der Waals surface area (Å²) in [6.07, 6.45) is -4.40. The van der Waals surface area contributed by atoms with Crippen molar-refractivity contribution in [2.75, 3.05) is 0 Å². The van der Waals surface area contributed by atoms with Crippen LogP contribution < -0.4 is 4.80 Å². The van der Waals surface area contributed by atoms with Crippen molar-refractivity contribution in [3.05, 3.63) is 70.3 Å². The standard InChI is InChI=1S/C18H13F3N2O2S/c19-18(20,21)11-23-15(12-4-2-1-3-5-12)10-26-17(23)22-14-8-6-13(7-9-14)16(24)25/h1-10H,11H2,(H,24,25). The highest BCUT2D eigenvalue weighted by atomic mass is 32.1. The van der Waals surface area contributed by atoms with Crippen LogP contribution in [0.15, 0.2) is 65.0 Å². The van der Waals surface area contributed by atoms with E-state index < -0.39 is 18.7 Å². The number of alkyl halides is 3. The van der Waals surface area contributed by atoms with Crippen LogP contribution in [-0.2, 0) is 6.54 Å². The minimum absolute atomic E-state index is 0.0864. The first-order valence-electron chi connectivity index (χ1n) is 7.52. The molecule has 0 saturated heterocycles. The molecule has 8 heteroatoms. The van der Waals surface area contributed by atoms with E-state index in [-0.39, 0.29) is 10.4 Å². The molecule has 0 fully saturated rings. The Bertz CT molecular complexity index is 974. The normalized spacial score (nSPS) is 12.3. The van der Waals surface area contributed by atoms with Gasteiger partial charge in [-0.25, -0.2) is 9.79 Å². The minimum atomic E-state index is -4.40. The number of halogens is 3. The largest absolute Gasteiger partial charge is 0.478 e. The van der Waals surface area contributed by atoms with Gasteiger partial charge in [-0.2, -0.15) is 13.2 Å². The van der Waals surface area contributed by atoms with Crippen LogP contribution in [0.25, 0.3) is 11.3 Å². The highest BCUT2D eigenvalue weighted by Gasteiger charge is 2.29. The lowest BCUT2D eigenvalue weighted by atomic mass is 10.2. The van der Waals surface area contributed by atoms with E-state index in [1.165, 1.54) is 24.3 Å². The SMILES string of the molecule is O=C(O)c1ccc(N=c2scc(-c3ccccc3)n2CC(F)(F)F)cc1. The van der Waals surface area contributed by atoms with Gasteiger partial charge in [0.05, 0.1) is 16.9 Å². The van der Waals surface area contributed by atoms with E-state index >= 15 is 0 Å². The molecular weight excluding hydrogens is 365 g/mol. The molecule has 1 N–H and O–H groups in total. The summed E-state index contributed by atoms with van der Waals surface area (Å²) in [6.45, 7) is -1.16. The molecule has 1 aromatic heterocycles. The van der Waals surface area contributed by atoms with Gasteiger partial charge in [0.15, 0.2) is 4.80 Å². The third kappa shape index (κ3) is 4.20. The second kappa shape index (κ2) is 7.17. The van der Waals surface area contributed by atoms with Gasteiger partial charge >= 0.3 is 12.1 Å². The van der Waals surface area contributed by atoms with E-state index in [1.54, 1.807) is 35.7 Å². The molecule has 1 heterocycles. The third-order valence-corrected chi connectivity index (χ3v) is 4.41. The molecule has 0 radical (unpaired) electrons. The predicted octanol–water partition coefficient (Wildman–Crippen LogP) is 4.71. The molecule has 4 nitrogen and oxygen atoms in total. The maximum absolute atomic E-state index is 13.1. The fourth-order valence-corrected chi connectivity index (χ4v) is 3.31. The summed E-state index contributed by atoms with van der Waals surface area (Å²) >= 11 is 1.10. The maximum atomic E-state index is 13.1. The van der Waals surface area contributed by atoms with Crippen LogP contribution in [-0.4, -0.2) is 21.8 Å². The number of hydrogen-bond donors (Lipinski definition) is 1. The van der Waals surface area contributed by atoms with E-state index in [1.807, 2.05) is 0 Å². The fourth-order valence-electron chi connectivity index (χ4n) is 2.38. The van der Waals surface area contributed by atoms with Crippen molar-refractivity contribution >= 4 is 23.0 Å². The molecule has 0 amide bonds. The molecule has 134 valence electrons. The smallest absolute Gasteiger partial charge is 0.406 e. The molecule has 0 aliphatic heterocycles. The van der Waals surface area contributed by atoms with Gasteiger partial charge in [0.2, 0.25) is 0 Å². The number of carboxylic acids is 1. The molecule has 3 rings (SSSR count). The number of carbonyl (C=O) groups is 1. The van der Waals surface area contributed by atoms with Crippen molar-refractivity contribution in [1.82, 2.24) is 4.57 Å². The number of nitrogens with zero attached hydrogens (tertiary/aromatic N) is 2. The molecule has 3 aromatic rings. The zero-order chi connectivity index (χ0) is 18.7. The van der Waals surface area contributed by atoms with Crippen molar-refractivity contribution in [2.24, 2.45) is 4.99 Å². The second-order valence-corrected chi connectivity index (χ2v) is 6.27. The number of thiazole rings is 1. The maximum Gasteiger partial charge on any atom is 0.406 e. The fraction of sp³-hybridized carbons (Fsp3) is 0.111. The molecule has 0 spiro atoms. The van der Waals surface area contributed by atoms with Crippen molar-refractivity contribution in [3.8, 4) is 11.3 Å². The van der Waals surface area contributed by atoms with Gasteiger partial charge < -0.3 is 9.67 Å². The Hall–Kier alpha value is -2.87. The first-order chi connectivity index (χ1) is 12.3. The number of carboxylic acid groups (broad SMARTS) is 1. The average molecular weight is 378 g/mol. The topological polar surface area (TPSA) is 54.6 Å². The van der Waals surface area contributed by atoms with E-state index in [4.69, 9.17) is 5.11 Å². The second-order valence-electron chi connectivity index (χ2n) is 5.43. The van der Waals surface area contributed by atoms with E-state index in [9.17, 15) is 18.0 Å². The van der Waals surface area contributed by atoms with Crippen LogP contribution in [0, 0.1) is 0 Å². The van der Waals surface area contributed by atoms with Gasteiger partial charge in [-0.1, -0.05) is 30.3 Å². The highest BCUT2D eigenvalue weighted by Crippen LogP contribution is 2.25. The molecule has 0 unspecified atom stereocenters. The Kier molecular flexibility index (Phi) is 4.94. The number of aromatic carboxylic acids is 1. The van der Waals surface area contributed by atoms with Gasteiger partial charge in [-0.05, 0) is 29.8 Å². The molecule has 0 atom stereocenters. The number of aromatic nitrogens is 1. The molecule has 0 aliphatic rings. The summed E-state index contributed by atoms with van der Waals surface area (Å²) < 4.78 is 40.3. The third-order valence-electron chi connectivity index (χ3n) is 3.54. The van der Waals surface area contributed by atoms with Gasteiger partial charge in [-0.3, -0.25) is 0 Å². The Morgan fingerprint density at radius 1 is 1.08 bits per heavy atom. The van der Waals surface area contributed by atoms with Gasteiger partial charge in [0.25, 0.3) is 0 Å². The zero-order valence-corrected chi connectivity index (χ0v) is 14.1. The van der Waals surface area contributed by atoms with Gasteiger partial charge in [-0.15, -0.1) is 11.3 Å². The molecule has 2 aromatic carbocycles. The van der Waals surface area contributed by atoms with Crippen LogP contribution in [0.5, 0.6) is 0 Å². The van der Waals surface area contributed by atoms with Crippen molar-refractivity contribution < 1.29 is 23.1 Å². The zero-order valence-electron chi connectivity index (χ0n) is 13.3. The predicted molar refractivity (Wildman–Crippen MR) is 92.4 cm³/mol. The molecule has 0 bridgehead atoms. The summed E-state index contributed by atoms with van der Waals surface area (Å²) in [5, 5.41) is 10.5. The molecule has 0 aliphatic carbocycles. The van der Waals surface area contributed by atoms with E-state index in [0.29, 0.717) is 16.9 Å². The molecule has 26 heavy (non-hydrogen) atoms. The van der Waals surface area contributed by atoms with Crippen molar-refractivity contribution in [2.45, 2.75) is 12.7 Å². The summed E-state index contributed by atoms with van der Waals surface area (Å²) in [5.74, 6) is -1.08. The minimum Gasteiger partial charge on any atom is -0.478 e. The van der Waals surface area contributed by atoms with Crippen LogP contribution in [0.4, 0.5) is 18.9 Å². The Balaban J connectivity index is 2.09. The lowest BCUT2D eigenvalue weighted by molar-refractivity contribution is -0.140. The summed E-state index contributed by atoms with van der Waals surface area (Å²) in [6, 6.07) is 14.4. The lowest BCUT2D eigenvalue weighted by Gasteiger charge is -2.11. The summed E-state index contributed by atoms with van der Waals surface area (Å²) in [4.78, 5) is 15.3. The molecule has 0 saturated carbocycles. The number of hydrogen-bond acceptors (Lipinski definition) is 3. The van der Waals surface area contributed by atoms with E-state index in [0.717, 1.165) is 15.9 Å². The monoisotopic (exact) mass is 378 g/mol. The Morgan fingerprint density at radius 2 is 1.73 bits per heavy atom. The highest BCUT2D eigenvalue weighted by molar-refractivity contribution is 7.07. The lowest BCUT2D eigenvalue weighted by Crippen LogP contribution is -2.25. The Morgan fingerprint density at radius 3 is 2.31 bits per heavy atom. The summed E-state index contributed by atoms with van der Waals surface area (Å²) in [5.41, 5.74) is 1.56. The molecular formula is C18H13F3N2O2S. The van der Waals surface area contributed by atoms with E-state index in [2.05, 4.69) is 4.99 Å². The quantitative estimate of drug-likeness (QED) is 0.715. The van der Waals surface area contributed by atoms with Crippen molar-refractivity contribution in [1.29, 1.82) is 0 Å². The van der Waals surface area contributed by atoms with Gasteiger partial charge in [0, 0.05) is 5.38 Å². The van der Waals surface area contributed by atoms with Crippen LogP contribution in [0.1, 0.15) is 10.4 Å². The first kappa shape index (κ1) is 17.9. The first-order valence-corrected chi connectivity index (χ1v) is 8.40.